The summed E-state index contributed by atoms with van der Waals surface area (Å²) in [5, 5.41) is 3.44. The molecule has 4 nitrogen and oxygen atoms in total. The molecule has 2 rings (SSSR count). The fourth-order valence-electron chi connectivity index (χ4n) is 2.07. The van der Waals surface area contributed by atoms with E-state index in [9.17, 15) is 0 Å². The van der Waals surface area contributed by atoms with E-state index in [1.165, 1.54) is 0 Å². The summed E-state index contributed by atoms with van der Waals surface area (Å²) in [7, 11) is 0. The highest BCUT2D eigenvalue weighted by Gasteiger charge is 2.08. The van der Waals surface area contributed by atoms with Gasteiger partial charge in [-0.3, -0.25) is 4.90 Å². The van der Waals surface area contributed by atoms with E-state index in [-0.39, 0.29) is 0 Å². The molecule has 4 heteroatoms. The van der Waals surface area contributed by atoms with E-state index in [2.05, 4.69) is 29.3 Å². The molecule has 1 heterocycles. The number of rotatable bonds is 7. The predicted molar refractivity (Wildman–Crippen MR) is 78.0 cm³/mol. The molecule has 0 unspecified atom stereocenters. The van der Waals surface area contributed by atoms with Crippen molar-refractivity contribution in [1.82, 2.24) is 4.90 Å². The van der Waals surface area contributed by atoms with Crippen molar-refractivity contribution in [1.29, 1.82) is 0 Å². The maximum Gasteiger partial charge on any atom is 0.119 e. The fourth-order valence-corrected chi connectivity index (χ4v) is 2.07. The highest BCUT2D eigenvalue weighted by molar-refractivity contribution is 5.46. The third-order valence-corrected chi connectivity index (χ3v) is 3.19. The van der Waals surface area contributed by atoms with Crippen molar-refractivity contribution in [2.75, 3.05) is 51.3 Å². The Morgan fingerprint density at radius 1 is 1.21 bits per heavy atom. The number of morpholine rings is 1. The first-order chi connectivity index (χ1) is 9.38. The maximum atomic E-state index is 5.56. The summed E-state index contributed by atoms with van der Waals surface area (Å²) in [4.78, 5) is 2.43. The lowest BCUT2D eigenvalue weighted by molar-refractivity contribution is 0.0398. The van der Waals surface area contributed by atoms with Gasteiger partial charge in [0.15, 0.2) is 0 Å². The molecule has 1 saturated heterocycles. The number of benzene rings is 1. The summed E-state index contributed by atoms with van der Waals surface area (Å²) in [6.45, 7) is 8.75. The minimum Gasteiger partial charge on any atom is -0.494 e. The van der Waals surface area contributed by atoms with E-state index in [1.54, 1.807) is 0 Å². The van der Waals surface area contributed by atoms with Crippen molar-refractivity contribution in [3.8, 4) is 5.75 Å². The van der Waals surface area contributed by atoms with Crippen LogP contribution >= 0.6 is 0 Å². The van der Waals surface area contributed by atoms with Crippen LogP contribution in [0.4, 0.5) is 5.69 Å². The number of ether oxygens (including phenoxy) is 2. The first-order valence-electron chi connectivity index (χ1n) is 7.15. The van der Waals surface area contributed by atoms with Gasteiger partial charge in [-0.15, -0.1) is 0 Å². The normalized spacial score (nSPS) is 16.3. The second-order valence-corrected chi connectivity index (χ2v) is 4.75. The molecular weight excluding hydrogens is 240 g/mol. The first kappa shape index (κ1) is 14.2. The third-order valence-electron chi connectivity index (χ3n) is 3.19. The number of hydrogen-bond donors (Lipinski definition) is 1. The van der Waals surface area contributed by atoms with Crippen LogP contribution in [0.2, 0.25) is 0 Å². The lowest BCUT2D eigenvalue weighted by Gasteiger charge is -2.26. The average Bonchev–Trinajstić information content (AvgIpc) is 2.47. The highest BCUT2D eigenvalue weighted by Crippen LogP contribution is 2.15. The molecule has 1 fully saturated rings. The molecule has 0 aromatic heterocycles. The van der Waals surface area contributed by atoms with Gasteiger partial charge in [-0.1, -0.05) is 6.92 Å². The molecule has 1 N–H and O–H groups in total. The summed E-state index contributed by atoms with van der Waals surface area (Å²) >= 11 is 0. The Bertz CT molecular complexity index is 348. The maximum absolute atomic E-state index is 5.56. The average molecular weight is 264 g/mol. The van der Waals surface area contributed by atoms with E-state index in [0.717, 1.165) is 63.9 Å². The molecular formula is C15H24N2O2. The van der Waals surface area contributed by atoms with Gasteiger partial charge in [-0.25, -0.2) is 0 Å². The summed E-state index contributed by atoms with van der Waals surface area (Å²) in [5.41, 5.74) is 1.15. The molecule has 1 aromatic carbocycles. The van der Waals surface area contributed by atoms with Crippen LogP contribution in [0.25, 0.3) is 0 Å². The molecule has 1 aliphatic heterocycles. The monoisotopic (exact) mass is 264 g/mol. The van der Waals surface area contributed by atoms with Crippen LogP contribution in [0.15, 0.2) is 24.3 Å². The molecule has 1 aromatic rings. The lowest BCUT2D eigenvalue weighted by atomic mass is 10.3. The first-order valence-corrected chi connectivity index (χ1v) is 7.15. The predicted octanol–water partition coefficient (Wildman–Crippen LogP) is 2.22. The Kier molecular flexibility index (Phi) is 5.98. The van der Waals surface area contributed by atoms with E-state index in [1.807, 2.05) is 12.1 Å². The molecule has 0 spiro atoms. The van der Waals surface area contributed by atoms with E-state index >= 15 is 0 Å². The Balaban J connectivity index is 1.67. The largest absolute Gasteiger partial charge is 0.494 e. The summed E-state index contributed by atoms with van der Waals surface area (Å²) in [5.74, 6) is 0.945. The molecule has 1 aliphatic rings. The van der Waals surface area contributed by atoms with Crippen LogP contribution in [0.1, 0.15) is 13.3 Å². The van der Waals surface area contributed by atoms with Gasteiger partial charge < -0.3 is 14.8 Å². The molecule has 106 valence electrons. The zero-order valence-electron chi connectivity index (χ0n) is 11.7. The molecule has 0 saturated carbocycles. The summed E-state index contributed by atoms with van der Waals surface area (Å²) in [6, 6.07) is 8.19. The van der Waals surface area contributed by atoms with Gasteiger partial charge in [0.2, 0.25) is 0 Å². The molecule has 0 aliphatic carbocycles. The minimum absolute atomic E-state index is 0.782. The van der Waals surface area contributed by atoms with Crippen LogP contribution < -0.4 is 10.1 Å². The molecule has 0 bridgehead atoms. The van der Waals surface area contributed by atoms with E-state index < -0.39 is 0 Å². The molecule has 0 amide bonds. The second-order valence-electron chi connectivity index (χ2n) is 4.75. The molecule has 19 heavy (non-hydrogen) atoms. The van der Waals surface area contributed by atoms with Crippen molar-refractivity contribution in [3.63, 3.8) is 0 Å². The van der Waals surface area contributed by atoms with Crippen LogP contribution in [-0.2, 0) is 4.74 Å². The standard InChI is InChI=1S/C15H24N2O2/c1-2-11-19-15-5-3-14(4-6-15)16-7-8-17-9-12-18-13-10-17/h3-6,16H,2,7-13H2,1H3. The van der Waals surface area contributed by atoms with Crippen LogP contribution in [0, 0.1) is 0 Å². The Morgan fingerprint density at radius 3 is 2.63 bits per heavy atom. The lowest BCUT2D eigenvalue weighted by Crippen LogP contribution is -2.38. The van der Waals surface area contributed by atoms with Crippen LogP contribution in [0.5, 0.6) is 5.75 Å². The van der Waals surface area contributed by atoms with Crippen molar-refractivity contribution in [2.45, 2.75) is 13.3 Å². The van der Waals surface area contributed by atoms with E-state index in [4.69, 9.17) is 9.47 Å². The molecule has 0 radical (unpaired) electrons. The topological polar surface area (TPSA) is 33.7 Å². The third kappa shape index (κ3) is 5.09. The van der Waals surface area contributed by atoms with Gasteiger partial charge in [0.1, 0.15) is 5.75 Å². The van der Waals surface area contributed by atoms with Gasteiger partial charge in [0.05, 0.1) is 19.8 Å². The number of hydrogen-bond acceptors (Lipinski definition) is 4. The Morgan fingerprint density at radius 2 is 1.95 bits per heavy atom. The Hall–Kier alpha value is -1.26. The van der Waals surface area contributed by atoms with Crippen molar-refractivity contribution in [2.24, 2.45) is 0 Å². The number of nitrogens with one attached hydrogen (secondary N) is 1. The second kappa shape index (κ2) is 8.02. The summed E-state index contributed by atoms with van der Waals surface area (Å²) in [6.07, 6.45) is 1.04. The Labute approximate surface area is 115 Å². The van der Waals surface area contributed by atoms with Crippen LogP contribution in [0.3, 0.4) is 0 Å². The number of nitrogens with zero attached hydrogens (tertiary/aromatic N) is 1. The fraction of sp³-hybridized carbons (Fsp3) is 0.600. The van der Waals surface area contributed by atoms with Crippen molar-refractivity contribution in [3.05, 3.63) is 24.3 Å². The quantitative estimate of drug-likeness (QED) is 0.819. The molecule has 0 atom stereocenters. The van der Waals surface area contributed by atoms with Crippen molar-refractivity contribution >= 4 is 5.69 Å². The van der Waals surface area contributed by atoms with Gasteiger partial charge in [0, 0.05) is 31.9 Å². The smallest absolute Gasteiger partial charge is 0.119 e. The SMILES string of the molecule is CCCOc1ccc(NCCN2CCOCC2)cc1. The summed E-state index contributed by atoms with van der Waals surface area (Å²) < 4.78 is 10.9. The zero-order valence-corrected chi connectivity index (χ0v) is 11.7. The van der Waals surface area contributed by atoms with Crippen LogP contribution in [-0.4, -0.2) is 50.9 Å². The van der Waals surface area contributed by atoms with Crippen molar-refractivity contribution < 1.29 is 9.47 Å². The highest BCUT2D eigenvalue weighted by atomic mass is 16.5. The van der Waals surface area contributed by atoms with Gasteiger partial charge in [-0.05, 0) is 30.7 Å². The zero-order chi connectivity index (χ0) is 13.3. The van der Waals surface area contributed by atoms with Gasteiger partial charge in [-0.2, -0.15) is 0 Å². The van der Waals surface area contributed by atoms with Gasteiger partial charge >= 0.3 is 0 Å². The van der Waals surface area contributed by atoms with E-state index in [0.29, 0.717) is 0 Å². The van der Waals surface area contributed by atoms with Gasteiger partial charge in [0.25, 0.3) is 0 Å². The number of anilines is 1. The minimum atomic E-state index is 0.782.